The number of morpholine rings is 1. The number of nitrogens with two attached hydrogens (primary N) is 1. The number of anilines is 2. The van der Waals surface area contributed by atoms with Crippen LogP contribution in [0.3, 0.4) is 0 Å². The molecule has 0 saturated carbocycles. The second-order valence-electron chi connectivity index (χ2n) is 8.99. The van der Waals surface area contributed by atoms with Crippen molar-refractivity contribution in [3.63, 3.8) is 0 Å². The number of methoxy groups -OCH3 is 2. The van der Waals surface area contributed by atoms with Crippen molar-refractivity contribution >= 4 is 33.2 Å². The molecule has 2 heterocycles. The van der Waals surface area contributed by atoms with Crippen molar-refractivity contribution in [2.75, 3.05) is 56.1 Å². The molecule has 2 aromatic rings. The van der Waals surface area contributed by atoms with Crippen LogP contribution >= 0.6 is 0 Å². The van der Waals surface area contributed by atoms with Gasteiger partial charge in [-0.15, -0.1) is 0 Å². The molecule has 1 atom stereocenters. The van der Waals surface area contributed by atoms with Gasteiger partial charge in [-0.3, -0.25) is 4.90 Å². The quantitative estimate of drug-likeness (QED) is 0.491. The van der Waals surface area contributed by atoms with Crippen LogP contribution in [0.5, 0.6) is 0 Å². The van der Waals surface area contributed by atoms with Crippen LogP contribution in [-0.4, -0.2) is 66.6 Å². The molecule has 1 unspecified atom stereocenters. The van der Waals surface area contributed by atoms with Gasteiger partial charge in [0.25, 0.3) is 0 Å². The first-order valence-corrected chi connectivity index (χ1v) is 14.2. The van der Waals surface area contributed by atoms with Gasteiger partial charge in [0.15, 0.2) is 9.84 Å². The average Bonchev–Trinajstić information content (AvgIpc) is 3.00. The van der Waals surface area contributed by atoms with Crippen LogP contribution < -0.4 is 15.5 Å². The Hall–Kier alpha value is -4.34. The molecule has 2 aliphatic heterocycles. The molecule has 0 amide bonds. The number of allylic oxidation sites excluding steroid dienone is 1. The lowest BCUT2D eigenvalue weighted by Crippen LogP contribution is -2.42. The Labute approximate surface area is 232 Å². The molecule has 11 nitrogen and oxygen atoms in total. The normalized spacial score (nSPS) is 17.9. The third kappa shape index (κ3) is 5.13. The molecule has 0 radical (unpaired) electrons. The molecule has 210 valence electrons. The maximum Gasteiger partial charge on any atom is 0.355 e. The summed E-state index contributed by atoms with van der Waals surface area (Å²) in [7, 11) is -1.37. The van der Waals surface area contributed by atoms with E-state index in [1.54, 1.807) is 36.4 Å². The lowest BCUT2D eigenvalue weighted by atomic mass is 9.81. The number of benzene rings is 2. The van der Waals surface area contributed by atoms with Crippen LogP contribution in [0, 0.1) is 11.3 Å². The molecule has 2 aromatic carbocycles. The fourth-order valence-corrected chi connectivity index (χ4v) is 5.78. The Morgan fingerprint density at radius 1 is 1.05 bits per heavy atom. The molecule has 1 fully saturated rings. The van der Waals surface area contributed by atoms with E-state index in [0.717, 1.165) is 14.2 Å². The van der Waals surface area contributed by atoms with E-state index in [9.17, 15) is 23.3 Å². The van der Waals surface area contributed by atoms with E-state index in [2.05, 4.69) is 6.07 Å². The van der Waals surface area contributed by atoms with E-state index in [1.807, 2.05) is 4.90 Å². The highest BCUT2D eigenvalue weighted by Crippen LogP contribution is 2.46. The Kier molecular flexibility index (Phi) is 8.46. The number of nitriles is 1. The number of carbonyl (C=O) groups excluding carboxylic acids is 2. The standard InChI is InChI=1S/C28H30N4O7S/c1-4-40(35,36)19-10-11-21(31-12-14-39-15-13-31)22(16-19)32-25(28(34)38-3)24(27(33)37-2)23(20(17-29)26(32)30)18-8-6-5-7-9-18/h5-11,16,23H,4,12-15,30H2,1-3H3. The smallest absolute Gasteiger partial charge is 0.355 e. The van der Waals surface area contributed by atoms with Gasteiger partial charge < -0.3 is 24.8 Å². The van der Waals surface area contributed by atoms with Gasteiger partial charge >= 0.3 is 11.9 Å². The third-order valence-corrected chi connectivity index (χ3v) is 8.62. The van der Waals surface area contributed by atoms with E-state index in [-0.39, 0.29) is 39.0 Å². The zero-order chi connectivity index (χ0) is 29.0. The van der Waals surface area contributed by atoms with Gasteiger partial charge in [-0.05, 0) is 23.8 Å². The number of sulfone groups is 1. The van der Waals surface area contributed by atoms with Gasteiger partial charge in [0.05, 0.1) is 72.6 Å². The van der Waals surface area contributed by atoms with Crippen molar-refractivity contribution in [2.45, 2.75) is 17.7 Å². The largest absolute Gasteiger partial charge is 0.466 e. The van der Waals surface area contributed by atoms with Crippen LogP contribution in [0.1, 0.15) is 18.4 Å². The summed E-state index contributed by atoms with van der Waals surface area (Å²) in [4.78, 5) is 30.0. The predicted molar refractivity (Wildman–Crippen MR) is 147 cm³/mol. The summed E-state index contributed by atoms with van der Waals surface area (Å²) in [5, 5.41) is 10.3. The van der Waals surface area contributed by atoms with Crippen molar-refractivity contribution < 1.29 is 32.2 Å². The first-order chi connectivity index (χ1) is 19.2. The zero-order valence-electron chi connectivity index (χ0n) is 22.4. The summed E-state index contributed by atoms with van der Waals surface area (Å²) < 4.78 is 41.5. The van der Waals surface area contributed by atoms with Gasteiger partial charge in [0, 0.05) is 13.1 Å². The highest BCUT2D eigenvalue weighted by molar-refractivity contribution is 7.91. The maximum atomic E-state index is 13.5. The molecule has 40 heavy (non-hydrogen) atoms. The summed E-state index contributed by atoms with van der Waals surface area (Å²) >= 11 is 0. The molecule has 2 aliphatic rings. The molecule has 12 heteroatoms. The highest BCUT2D eigenvalue weighted by atomic mass is 32.2. The topological polar surface area (TPSA) is 152 Å². The molecule has 1 saturated heterocycles. The fourth-order valence-electron chi connectivity index (χ4n) is 4.88. The zero-order valence-corrected chi connectivity index (χ0v) is 23.2. The summed E-state index contributed by atoms with van der Waals surface area (Å²) in [6.45, 7) is 3.32. The van der Waals surface area contributed by atoms with Crippen molar-refractivity contribution in [1.82, 2.24) is 0 Å². The van der Waals surface area contributed by atoms with Crippen molar-refractivity contribution in [2.24, 2.45) is 5.73 Å². The first kappa shape index (κ1) is 28.7. The molecule has 0 aliphatic carbocycles. The van der Waals surface area contributed by atoms with Crippen LogP contribution in [-0.2, 0) is 33.6 Å². The van der Waals surface area contributed by atoms with Crippen LogP contribution in [0.2, 0.25) is 0 Å². The van der Waals surface area contributed by atoms with Gasteiger partial charge in [-0.25, -0.2) is 18.0 Å². The number of hydrogen-bond donors (Lipinski definition) is 1. The summed E-state index contributed by atoms with van der Waals surface area (Å²) in [6, 6.07) is 15.3. The van der Waals surface area contributed by atoms with Crippen molar-refractivity contribution in [3.8, 4) is 6.07 Å². The highest BCUT2D eigenvalue weighted by Gasteiger charge is 2.44. The molecular formula is C28H30N4O7S. The first-order valence-electron chi connectivity index (χ1n) is 12.5. The minimum atomic E-state index is -3.69. The molecule has 0 aromatic heterocycles. The van der Waals surface area contributed by atoms with Gasteiger partial charge in [-0.2, -0.15) is 5.26 Å². The maximum absolute atomic E-state index is 13.5. The van der Waals surface area contributed by atoms with E-state index in [0.29, 0.717) is 37.6 Å². The number of esters is 2. The van der Waals surface area contributed by atoms with Crippen molar-refractivity contribution in [1.29, 1.82) is 5.26 Å². The minimum Gasteiger partial charge on any atom is -0.466 e. The summed E-state index contributed by atoms with van der Waals surface area (Å²) in [5.74, 6) is -3.15. The molecule has 2 N–H and O–H groups in total. The molecule has 0 bridgehead atoms. The SMILES string of the molecule is CCS(=O)(=O)c1ccc(N2CCOCC2)c(N2C(N)=C(C#N)C(c3ccccc3)C(C(=O)OC)=C2C(=O)OC)c1. The van der Waals surface area contributed by atoms with E-state index in [1.165, 1.54) is 24.0 Å². The van der Waals surface area contributed by atoms with Gasteiger partial charge in [0.1, 0.15) is 11.5 Å². The number of rotatable bonds is 7. The fraction of sp³-hybridized carbons (Fsp3) is 0.321. The van der Waals surface area contributed by atoms with Crippen LogP contribution in [0.25, 0.3) is 0 Å². The number of hydrogen-bond acceptors (Lipinski definition) is 11. The second-order valence-corrected chi connectivity index (χ2v) is 11.3. The monoisotopic (exact) mass is 566 g/mol. The number of ether oxygens (including phenoxy) is 3. The van der Waals surface area contributed by atoms with E-state index < -0.39 is 27.7 Å². The van der Waals surface area contributed by atoms with Gasteiger partial charge in [-0.1, -0.05) is 37.3 Å². The van der Waals surface area contributed by atoms with Crippen LogP contribution in [0.4, 0.5) is 11.4 Å². The third-order valence-electron chi connectivity index (χ3n) is 6.89. The Bertz CT molecular complexity index is 1520. The average molecular weight is 567 g/mol. The van der Waals surface area contributed by atoms with E-state index >= 15 is 0 Å². The second kappa shape index (κ2) is 11.8. The lowest BCUT2D eigenvalue weighted by molar-refractivity contribution is -0.139. The predicted octanol–water partition coefficient (Wildman–Crippen LogP) is 2.21. The molecular weight excluding hydrogens is 536 g/mol. The Balaban J connectivity index is 2.12. The summed E-state index contributed by atoms with van der Waals surface area (Å²) in [5.41, 5.74) is 7.45. The van der Waals surface area contributed by atoms with Crippen molar-refractivity contribution in [3.05, 3.63) is 76.8 Å². The molecule has 4 rings (SSSR count). The summed E-state index contributed by atoms with van der Waals surface area (Å²) in [6.07, 6.45) is 0. The lowest BCUT2D eigenvalue weighted by Gasteiger charge is -2.39. The van der Waals surface area contributed by atoms with Crippen LogP contribution in [0.15, 0.2) is 76.1 Å². The Morgan fingerprint density at radius 2 is 1.70 bits per heavy atom. The number of carbonyl (C=O) groups is 2. The minimum absolute atomic E-state index is 0.0117. The Morgan fingerprint density at radius 3 is 2.27 bits per heavy atom. The van der Waals surface area contributed by atoms with Gasteiger partial charge in [0.2, 0.25) is 0 Å². The number of nitrogens with zero attached hydrogens (tertiary/aromatic N) is 3. The van der Waals surface area contributed by atoms with E-state index in [4.69, 9.17) is 19.9 Å². The molecule has 0 spiro atoms.